The van der Waals surface area contributed by atoms with Gasteiger partial charge in [0, 0.05) is 22.9 Å². The molecule has 0 heterocycles. The second kappa shape index (κ2) is 12.2. The molecule has 0 bridgehead atoms. The molecule has 158 valence electrons. The maximum absolute atomic E-state index is 14.7. The average molecular weight is 431 g/mol. The van der Waals surface area contributed by atoms with Gasteiger partial charge in [0.1, 0.15) is 12.4 Å². The van der Waals surface area contributed by atoms with Gasteiger partial charge in [0.2, 0.25) is 0 Å². The number of hydrogen-bond donors (Lipinski definition) is 5. The molecule has 30 heavy (non-hydrogen) atoms. The Balaban J connectivity index is 0.00000450. The van der Waals surface area contributed by atoms with Crippen LogP contribution in [0.4, 0.5) is 10.1 Å². The number of carboxylic acid groups (broad SMARTS) is 1. The number of halogens is 1. The van der Waals surface area contributed by atoms with Crippen LogP contribution in [0.2, 0.25) is 0 Å². The molecule has 0 amide bonds. The third-order valence-corrected chi connectivity index (χ3v) is 3.87. The third-order valence-electron chi connectivity index (χ3n) is 3.87. The summed E-state index contributed by atoms with van der Waals surface area (Å²) < 4.78 is 25.3. The largest absolute Gasteiger partial charge is 1.00 e. The zero-order valence-electron chi connectivity index (χ0n) is 17.6. The summed E-state index contributed by atoms with van der Waals surface area (Å²) in [4.78, 5) is 11.8. The molecular weight excluding hydrogens is 408 g/mol. The number of hydrogen-bond acceptors (Lipinski definition) is 7. The van der Waals surface area contributed by atoms with Crippen LogP contribution in [-0.2, 0) is 4.79 Å². The van der Waals surface area contributed by atoms with Crippen LogP contribution in [0, 0.1) is 5.82 Å². The molecule has 0 aliphatic rings. The van der Waals surface area contributed by atoms with Crippen LogP contribution in [0.1, 0.15) is 25.5 Å². The van der Waals surface area contributed by atoms with Gasteiger partial charge >= 0.3 is 35.5 Å². The molecular formula is C19H23FN3NaO6. The van der Waals surface area contributed by atoms with Gasteiger partial charge in [0.25, 0.3) is 0 Å². The van der Waals surface area contributed by atoms with Crippen LogP contribution in [0.3, 0.4) is 0 Å². The first-order chi connectivity index (χ1) is 13.9. The molecule has 0 saturated heterocycles. The van der Waals surface area contributed by atoms with Gasteiger partial charge in [0.05, 0.1) is 13.2 Å². The summed E-state index contributed by atoms with van der Waals surface area (Å²) in [6.45, 7) is 1.64. The van der Waals surface area contributed by atoms with E-state index in [0.29, 0.717) is 11.3 Å². The minimum Gasteiger partial charge on any atom is -1.00 e. The third kappa shape index (κ3) is 6.49. The Morgan fingerprint density at radius 3 is 2.43 bits per heavy atom. The maximum atomic E-state index is 14.7. The smallest absolute Gasteiger partial charge is 1.00 e. The number of rotatable bonds is 10. The molecule has 0 aliphatic heterocycles. The summed E-state index contributed by atoms with van der Waals surface area (Å²) in [5.74, 6) is -2.00. The molecule has 0 aliphatic carbocycles. The molecule has 2 rings (SSSR count). The van der Waals surface area contributed by atoms with Crippen LogP contribution >= 0.6 is 0 Å². The van der Waals surface area contributed by atoms with E-state index < -0.39 is 17.8 Å². The molecule has 1 atom stereocenters. The standard InChI is InChI=1S/C19H22FN3O6.Na.H/c1-2-28-15-9-13(14(20)10-16(15)29-8-7-24)17(19(25)26)22-12-5-3-11(4-6-12)18(21)23-27;;/h3-6,9-10,17,22,24,27H,2,7-8H2,1H3,(H2,21,23)(H,25,26);;/q;+1;-1. The van der Waals surface area contributed by atoms with Crippen LogP contribution in [0.5, 0.6) is 11.5 Å². The number of aliphatic carboxylic acids is 1. The van der Waals surface area contributed by atoms with Gasteiger partial charge in [-0.25, -0.2) is 9.18 Å². The van der Waals surface area contributed by atoms with Gasteiger partial charge in [-0.3, -0.25) is 0 Å². The molecule has 0 radical (unpaired) electrons. The van der Waals surface area contributed by atoms with Crippen LogP contribution in [-0.4, -0.2) is 47.0 Å². The molecule has 9 nitrogen and oxygen atoms in total. The van der Waals surface area contributed by atoms with E-state index in [0.717, 1.165) is 6.07 Å². The maximum Gasteiger partial charge on any atom is 1.00 e. The Labute approximate surface area is 196 Å². The summed E-state index contributed by atoms with van der Waals surface area (Å²) in [6, 6.07) is 6.92. The predicted octanol–water partition coefficient (Wildman–Crippen LogP) is -0.956. The van der Waals surface area contributed by atoms with E-state index in [9.17, 15) is 14.3 Å². The van der Waals surface area contributed by atoms with Crippen LogP contribution in [0.25, 0.3) is 0 Å². The topological polar surface area (TPSA) is 147 Å². The molecule has 0 spiro atoms. The first kappa shape index (κ1) is 25.5. The van der Waals surface area contributed by atoms with E-state index in [1.807, 2.05) is 0 Å². The summed E-state index contributed by atoms with van der Waals surface area (Å²) in [5, 5.41) is 32.8. The number of benzene rings is 2. The molecule has 0 saturated carbocycles. The van der Waals surface area contributed by atoms with Gasteiger partial charge < -0.3 is 37.4 Å². The summed E-state index contributed by atoms with van der Waals surface area (Å²) in [6.07, 6.45) is 0. The van der Waals surface area contributed by atoms with Crippen molar-refractivity contribution in [2.75, 3.05) is 25.1 Å². The molecule has 6 N–H and O–H groups in total. The summed E-state index contributed by atoms with van der Waals surface area (Å²) >= 11 is 0. The number of carboxylic acids is 1. The fourth-order valence-corrected chi connectivity index (χ4v) is 2.54. The summed E-state index contributed by atoms with van der Waals surface area (Å²) in [5.41, 5.74) is 6.15. The second-order valence-corrected chi connectivity index (χ2v) is 5.80. The van der Waals surface area contributed by atoms with Crippen molar-refractivity contribution in [2.24, 2.45) is 10.9 Å². The zero-order valence-corrected chi connectivity index (χ0v) is 18.6. The molecule has 0 aromatic heterocycles. The van der Waals surface area contributed by atoms with Gasteiger partial charge in [-0.05, 0) is 37.3 Å². The van der Waals surface area contributed by atoms with Crippen molar-refractivity contribution in [1.29, 1.82) is 0 Å². The molecule has 2 aromatic rings. The number of nitrogens with one attached hydrogen (secondary N) is 1. The Morgan fingerprint density at radius 1 is 1.27 bits per heavy atom. The number of ether oxygens (including phenoxy) is 2. The van der Waals surface area contributed by atoms with Gasteiger partial charge in [0.15, 0.2) is 23.4 Å². The van der Waals surface area contributed by atoms with E-state index >= 15 is 0 Å². The first-order valence-electron chi connectivity index (χ1n) is 8.68. The molecule has 0 fully saturated rings. The Bertz CT molecular complexity index is 886. The number of nitrogens with zero attached hydrogens (tertiary/aromatic N) is 1. The number of nitrogens with two attached hydrogens (primary N) is 1. The monoisotopic (exact) mass is 431 g/mol. The molecule has 11 heteroatoms. The minimum absolute atomic E-state index is 0. The minimum atomic E-state index is -1.42. The van der Waals surface area contributed by atoms with Crippen molar-refractivity contribution in [3.63, 3.8) is 0 Å². The van der Waals surface area contributed by atoms with Crippen molar-refractivity contribution in [3.8, 4) is 11.5 Å². The van der Waals surface area contributed by atoms with E-state index in [1.165, 1.54) is 30.3 Å². The van der Waals surface area contributed by atoms with E-state index in [-0.39, 0.29) is 73.7 Å². The van der Waals surface area contributed by atoms with Crippen molar-refractivity contribution in [3.05, 3.63) is 53.3 Å². The van der Waals surface area contributed by atoms with Crippen molar-refractivity contribution in [1.82, 2.24) is 0 Å². The SMILES string of the molecule is CCOc1cc(C(Nc2ccc(C(N)=NO)cc2)C(=O)O)c(F)cc1OCCO.[H-].[Na+]. The zero-order chi connectivity index (χ0) is 21.4. The number of carbonyl (C=O) groups is 1. The van der Waals surface area contributed by atoms with Gasteiger partial charge in [-0.15, -0.1) is 0 Å². The number of aliphatic hydroxyl groups excluding tert-OH is 1. The number of aliphatic hydroxyl groups is 1. The Kier molecular flexibility index (Phi) is 10.4. The predicted molar refractivity (Wildman–Crippen MR) is 104 cm³/mol. The molecule has 1 unspecified atom stereocenters. The van der Waals surface area contributed by atoms with Crippen molar-refractivity contribution >= 4 is 17.5 Å². The van der Waals surface area contributed by atoms with Gasteiger partial charge in [-0.2, -0.15) is 0 Å². The fraction of sp³-hybridized carbons (Fsp3) is 0.263. The quantitative estimate of drug-likeness (QED) is 0.106. The fourth-order valence-electron chi connectivity index (χ4n) is 2.54. The number of anilines is 1. The number of amidine groups is 1. The van der Waals surface area contributed by atoms with Gasteiger partial charge in [-0.1, -0.05) is 5.16 Å². The molecule has 2 aromatic carbocycles. The first-order valence-corrected chi connectivity index (χ1v) is 8.68. The second-order valence-electron chi connectivity index (χ2n) is 5.80. The van der Waals surface area contributed by atoms with E-state index in [2.05, 4.69) is 10.5 Å². The number of oxime groups is 1. The normalized spacial score (nSPS) is 11.9. The van der Waals surface area contributed by atoms with Crippen molar-refractivity contribution in [2.45, 2.75) is 13.0 Å². The van der Waals surface area contributed by atoms with Crippen LogP contribution in [0.15, 0.2) is 41.6 Å². The summed E-state index contributed by atoms with van der Waals surface area (Å²) in [7, 11) is 0. The Hall–Kier alpha value is -2.53. The van der Waals surface area contributed by atoms with Crippen LogP contribution < -0.4 is 50.1 Å². The van der Waals surface area contributed by atoms with E-state index in [4.69, 9.17) is 25.5 Å². The van der Waals surface area contributed by atoms with E-state index in [1.54, 1.807) is 6.92 Å². The Morgan fingerprint density at radius 2 is 1.90 bits per heavy atom. The average Bonchev–Trinajstić information content (AvgIpc) is 2.72. The van der Waals surface area contributed by atoms with Crippen molar-refractivity contribution < 1.29 is 65.1 Å².